The molecular formula is C15H16N4O3S. The number of thiophene rings is 1. The van der Waals surface area contributed by atoms with Gasteiger partial charge in [0.15, 0.2) is 5.69 Å². The van der Waals surface area contributed by atoms with E-state index in [-0.39, 0.29) is 5.91 Å². The van der Waals surface area contributed by atoms with Gasteiger partial charge in [0.2, 0.25) is 11.8 Å². The molecule has 3 aromatic heterocycles. The molecular weight excluding hydrogens is 316 g/mol. The van der Waals surface area contributed by atoms with Crippen molar-refractivity contribution in [1.29, 1.82) is 0 Å². The van der Waals surface area contributed by atoms with E-state index in [1.807, 2.05) is 11.4 Å². The van der Waals surface area contributed by atoms with Crippen molar-refractivity contribution in [3.63, 3.8) is 0 Å². The molecule has 8 heteroatoms. The Bertz CT molecular complexity index is 763. The second kappa shape index (κ2) is 7.19. The van der Waals surface area contributed by atoms with Crippen LogP contribution in [0.1, 0.15) is 22.9 Å². The van der Waals surface area contributed by atoms with E-state index in [4.69, 9.17) is 8.94 Å². The summed E-state index contributed by atoms with van der Waals surface area (Å²) in [6.45, 7) is 2.42. The lowest BCUT2D eigenvalue weighted by Gasteiger charge is -2.02. The Morgan fingerprint density at radius 3 is 3.00 bits per heavy atom. The van der Waals surface area contributed by atoms with Crippen LogP contribution in [0.2, 0.25) is 0 Å². The topological polar surface area (TPSA) is 94.1 Å². The van der Waals surface area contributed by atoms with Crippen LogP contribution in [0.4, 0.5) is 0 Å². The van der Waals surface area contributed by atoms with Crippen LogP contribution < -0.4 is 5.32 Å². The lowest BCUT2D eigenvalue weighted by Crippen LogP contribution is -2.25. The highest BCUT2D eigenvalue weighted by Crippen LogP contribution is 2.17. The molecule has 3 heterocycles. The predicted molar refractivity (Wildman–Crippen MR) is 83.9 cm³/mol. The summed E-state index contributed by atoms with van der Waals surface area (Å²) < 4.78 is 10.4. The van der Waals surface area contributed by atoms with Crippen LogP contribution in [-0.2, 0) is 17.6 Å². The van der Waals surface area contributed by atoms with E-state index in [9.17, 15) is 4.79 Å². The average Bonchev–Trinajstić information content (AvgIpc) is 3.26. The standard InChI is InChI=1S/C15H16N4O3S/c1-10-9-12(19-22-10)15-18-17-14(21-15)5-4-13(20)16-7-6-11-3-2-8-23-11/h2-3,8-9H,4-7H2,1H3,(H,16,20). The van der Waals surface area contributed by atoms with Crippen molar-refractivity contribution in [2.75, 3.05) is 6.54 Å². The zero-order chi connectivity index (χ0) is 16.1. The van der Waals surface area contributed by atoms with Gasteiger partial charge in [0, 0.05) is 30.3 Å². The highest BCUT2D eigenvalue weighted by atomic mass is 32.1. The first kappa shape index (κ1) is 15.4. The van der Waals surface area contributed by atoms with Gasteiger partial charge in [0.1, 0.15) is 5.76 Å². The zero-order valence-corrected chi connectivity index (χ0v) is 13.4. The van der Waals surface area contributed by atoms with E-state index in [0.29, 0.717) is 42.6 Å². The third-order valence-electron chi connectivity index (χ3n) is 3.15. The van der Waals surface area contributed by atoms with Crippen LogP contribution in [0.3, 0.4) is 0 Å². The number of amides is 1. The smallest absolute Gasteiger partial charge is 0.269 e. The first-order valence-electron chi connectivity index (χ1n) is 7.26. The van der Waals surface area contributed by atoms with Crippen LogP contribution in [0.15, 0.2) is 32.5 Å². The normalized spacial score (nSPS) is 10.8. The van der Waals surface area contributed by atoms with Gasteiger partial charge in [-0.2, -0.15) is 0 Å². The minimum Gasteiger partial charge on any atom is -0.419 e. The Morgan fingerprint density at radius 1 is 1.35 bits per heavy atom. The Morgan fingerprint density at radius 2 is 2.26 bits per heavy atom. The van der Waals surface area contributed by atoms with E-state index in [2.05, 4.69) is 26.7 Å². The summed E-state index contributed by atoms with van der Waals surface area (Å²) in [7, 11) is 0. The summed E-state index contributed by atoms with van der Waals surface area (Å²) >= 11 is 1.69. The maximum Gasteiger partial charge on any atom is 0.269 e. The summed E-state index contributed by atoms with van der Waals surface area (Å²) in [6, 6.07) is 5.78. The molecule has 0 fully saturated rings. The molecule has 1 amide bonds. The van der Waals surface area contributed by atoms with Gasteiger partial charge in [-0.3, -0.25) is 4.79 Å². The number of rotatable bonds is 7. The van der Waals surface area contributed by atoms with Gasteiger partial charge in [0.25, 0.3) is 5.89 Å². The van der Waals surface area contributed by atoms with E-state index < -0.39 is 0 Å². The van der Waals surface area contributed by atoms with Crippen LogP contribution in [-0.4, -0.2) is 27.8 Å². The van der Waals surface area contributed by atoms with E-state index in [1.165, 1.54) is 4.88 Å². The second-order valence-electron chi connectivity index (χ2n) is 5.00. The van der Waals surface area contributed by atoms with Gasteiger partial charge in [-0.25, -0.2) is 0 Å². The summed E-state index contributed by atoms with van der Waals surface area (Å²) in [5.41, 5.74) is 0.502. The van der Waals surface area contributed by atoms with Crippen molar-refractivity contribution in [3.05, 3.63) is 40.1 Å². The number of hydrogen-bond donors (Lipinski definition) is 1. The molecule has 0 aromatic carbocycles. The lowest BCUT2D eigenvalue weighted by atomic mass is 10.3. The minimum absolute atomic E-state index is 0.0291. The van der Waals surface area contributed by atoms with Crippen molar-refractivity contribution in [2.24, 2.45) is 0 Å². The first-order chi connectivity index (χ1) is 11.2. The maximum absolute atomic E-state index is 11.8. The molecule has 1 N–H and O–H groups in total. The molecule has 0 bridgehead atoms. The molecule has 120 valence electrons. The molecule has 0 aliphatic heterocycles. The summed E-state index contributed by atoms with van der Waals surface area (Å²) in [6.07, 6.45) is 1.55. The number of aromatic nitrogens is 3. The van der Waals surface area contributed by atoms with Gasteiger partial charge in [-0.1, -0.05) is 11.2 Å². The molecule has 0 radical (unpaired) electrons. The van der Waals surface area contributed by atoms with Gasteiger partial charge in [-0.15, -0.1) is 21.5 Å². The minimum atomic E-state index is -0.0291. The maximum atomic E-state index is 11.8. The number of carbonyl (C=O) groups is 1. The Balaban J connectivity index is 1.43. The Hall–Kier alpha value is -2.48. The summed E-state index contributed by atoms with van der Waals surface area (Å²) in [5.74, 6) is 1.35. The molecule has 7 nitrogen and oxygen atoms in total. The molecule has 0 unspecified atom stereocenters. The fraction of sp³-hybridized carbons (Fsp3) is 0.333. The zero-order valence-electron chi connectivity index (χ0n) is 12.6. The molecule has 0 atom stereocenters. The third-order valence-corrected chi connectivity index (χ3v) is 4.09. The van der Waals surface area contributed by atoms with E-state index >= 15 is 0 Å². The second-order valence-corrected chi connectivity index (χ2v) is 6.04. The Kier molecular flexibility index (Phi) is 4.82. The Labute approximate surface area is 136 Å². The molecule has 0 spiro atoms. The fourth-order valence-corrected chi connectivity index (χ4v) is 2.72. The van der Waals surface area contributed by atoms with Crippen molar-refractivity contribution >= 4 is 17.2 Å². The predicted octanol–water partition coefficient (Wildman–Crippen LogP) is 2.39. The fourth-order valence-electron chi connectivity index (χ4n) is 2.01. The highest BCUT2D eigenvalue weighted by Gasteiger charge is 2.13. The highest BCUT2D eigenvalue weighted by molar-refractivity contribution is 7.09. The van der Waals surface area contributed by atoms with Crippen LogP contribution in [0.25, 0.3) is 11.6 Å². The third kappa shape index (κ3) is 4.26. The lowest BCUT2D eigenvalue weighted by molar-refractivity contribution is -0.121. The summed E-state index contributed by atoms with van der Waals surface area (Å²) in [5, 5.41) is 16.5. The van der Waals surface area contributed by atoms with Crippen LogP contribution in [0.5, 0.6) is 0 Å². The molecule has 0 aliphatic rings. The van der Waals surface area contributed by atoms with Gasteiger partial charge >= 0.3 is 0 Å². The largest absolute Gasteiger partial charge is 0.419 e. The molecule has 0 saturated carbocycles. The number of carbonyl (C=O) groups excluding carboxylic acids is 1. The van der Waals surface area contributed by atoms with E-state index in [0.717, 1.165) is 6.42 Å². The van der Waals surface area contributed by atoms with Crippen molar-refractivity contribution in [1.82, 2.24) is 20.7 Å². The van der Waals surface area contributed by atoms with Crippen molar-refractivity contribution in [3.8, 4) is 11.6 Å². The monoisotopic (exact) mass is 332 g/mol. The molecule has 0 aliphatic carbocycles. The molecule has 3 rings (SSSR count). The molecule has 0 saturated heterocycles. The number of nitrogens with one attached hydrogen (secondary N) is 1. The van der Waals surface area contributed by atoms with Crippen LogP contribution in [0, 0.1) is 6.92 Å². The van der Waals surface area contributed by atoms with Crippen molar-refractivity contribution < 1.29 is 13.7 Å². The number of hydrogen-bond acceptors (Lipinski definition) is 7. The molecule has 23 heavy (non-hydrogen) atoms. The quantitative estimate of drug-likeness (QED) is 0.714. The summed E-state index contributed by atoms with van der Waals surface area (Å²) in [4.78, 5) is 13.1. The first-order valence-corrected chi connectivity index (χ1v) is 8.14. The SMILES string of the molecule is Cc1cc(-c2nnc(CCC(=O)NCCc3cccs3)o2)no1. The average molecular weight is 332 g/mol. The van der Waals surface area contributed by atoms with Gasteiger partial charge in [-0.05, 0) is 24.8 Å². The van der Waals surface area contributed by atoms with E-state index in [1.54, 1.807) is 24.3 Å². The van der Waals surface area contributed by atoms with Gasteiger partial charge < -0.3 is 14.3 Å². The molecule has 3 aromatic rings. The van der Waals surface area contributed by atoms with Crippen LogP contribution >= 0.6 is 11.3 Å². The van der Waals surface area contributed by atoms with Gasteiger partial charge in [0.05, 0.1) is 0 Å². The van der Waals surface area contributed by atoms with Crippen molar-refractivity contribution in [2.45, 2.75) is 26.2 Å². The number of nitrogens with zero attached hydrogens (tertiary/aromatic N) is 3. The number of aryl methyl sites for hydroxylation is 2.